The smallest absolute Gasteiger partial charge is 0.319 e. The number of hydrogen-bond donors (Lipinski definition) is 0. The van der Waals surface area contributed by atoms with E-state index >= 15 is 4.39 Å². The Morgan fingerprint density at radius 1 is 1.16 bits per heavy atom. The van der Waals surface area contributed by atoms with Crippen molar-refractivity contribution in [3.8, 4) is 17.1 Å². The number of alkyl halides is 1. The molecule has 0 bridgehead atoms. The summed E-state index contributed by atoms with van der Waals surface area (Å²) in [7, 11) is 1.87. The number of ether oxygens (including phenoxy) is 1. The van der Waals surface area contributed by atoms with Crippen LogP contribution in [0.3, 0.4) is 0 Å². The monoisotopic (exact) mass is 587 g/mol. The lowest BCUT2D eigenvalue weighted by atomic mass is 9.87. The Kier molecular flexibility index (Phi) is 8.21. The second-order valence-electron chi connectivity index (χ2n) is 11.6. The van der Waals surface area contributed by atoms with Crippen LogP contribution in [-0.4, -0.2) is 95.3 Å². The molecule has 3 aliphatic rings. The molecule has 2 saturated heterocycles. The summed E-state index contributed by atoms with van der Waals surface area (Å²) in [6.07, 6.45) is 8.26. The van der Waals surface area contributed by atoms with Gasteiger partial charge >= 0.3 is 6.01 Å². The highest BCUT2D eigenvalue weighted by Crippen LogP contribution is 2.37. The first-order chi connectivity index (χ1) is 20.9. The maximum atomic E-state index is 16.0. The highest BCUT2D eigenvalue weighted by molar-refractivity contribution is 5.94. The number of amides is 1. The number of fused-ring (bicyclic) bond motifs is 2. The van der Waals surface area contributed by atoms with Gasteiger partial charge in [-0.15, -0.1) is 0 Å². The van der Waals surface area contributed by atoms with E-state index in [1.165, 1.54) is 12.1 Å². The number of likely N-dealkylation sites (tertiary alicyclic amines) is 1. The van der Waals surface area contributed by atoms with Gasteiger partial charge in [0, 0.05) is 61.1 Å². The van der Waals surface area contributed by atoms with Crippen molar-refractivity contribution in [2.45, 2.75) is 50.4 Å². The molecule has 3 aromatic rings. The van der Waals surface area contributed by atoms with Crippen molar-refractivity contribution in [3.63, 3.8) is 0 Å². The highest BCUT2D eigenvalue weighted by Gasteiger charge is 2.34. The lowest BCUT2D eigenvalue weighted by Gasteiger charge is -2.39. The van der Waals surface area contributed by atoms with Crippen molar-refractivity contribution in [2.75, 3.05) is 51.3 Å². The predicted octanol–water partition coefficient (Wildman–Crippen LogP) is 4.25. The molecular weight excluding hydrogens is 552 g/mol. The molecule has 0 spiro atoms. The molecule has 0 saturated carbocycles. The van der Waals surface area contributed by atoms with Crippen LogP contribution >= 0.6 is 0 Å². The van der Waals surface area contributed by atoms with Crippen LogP contribution in [0.15, 0.2) is 37.2 Å². The number of hydrogen-bond acceptors (Lipinski definition) is 7. The standard InChI is InChI=1S/C32H35F2N7O2/c1-4-30(42)41-10-9-40(18-23(41)15-35-2)31-26-12-28(34)25(27-16-36-14-20-7-5-6-8-24(20)27)13-29(26)37-32(38-31)43-19-22-11-21(33)17-39(22)3/h4,12-14,16,21-23H,1,5-11,15,17-19H2,3H3/t21-,22+,23+/m1/s1. The normalized spacial score (nSPS) is 22.3. The molecule has 1 aromatic carbocycles. The number of aryl methyl sites for hydroxylation is 1. The third-order valence-electron chi connectivity index (χ3n) is 8.89. The van der Waals surface area contributed by atoms with E-state index in [4.69, 9.17) is 21.3 Å². The minimum absolute atomic E-state index is 0.111. The second kappa shape index (κ2) is 12.2. The summed E-state index contributed by atoms with van der Waals surface area (Å²) in [5, 5.41) is 0.512. The zero-order valence-corrected chi connectivity index (χ0v) is 24.3. The molecule has 0 N–H and O–H groups in total. The second-order valence-corrected chi connectivity index (χ2v) is 11.6. The SMILES string of the molecule is [C-]#[N+]C[C@H]1CN(c2nc(OC[C@@H]3C[C@@H](F)CN3C)nc3cc(-c4cncc5c4CCCC5)c(F)cc23)CCN1C(=O)C=C. The van der Waals surface area contributed by atoms with E-state index in [0.29, 0.717) is 54.9 Å². The summed E-state index contributed by atoms with van der Waals surface area (Å²) < 4.78 is 36.1. The molecule has 9 nitrogen and oxygen atoms in total. The molecule has 0 radical (unpaired) electrons. The number of anilines is 1. The number of aromatic nitrogens is 3. The van der Waals surface area contributed by atoms with Gasteiger partial charge in [0.1, 0.15) is 30.5 Å². The minimum Gasteiger partial charge on any atom is -0.462 e. The van der Waals surface area contributed by atoms with Crippen LogP contribution in [0.4, 0.5) is 14.6 Å². The van der Waals surface area contributed by atoms with Crippen LogP contribution in [0, 0.1) is 12.4 Å². The van der Waals surface area contributed by atoms with Crippen molar-refractivity contribution < 1.29 is 18.3 Å². The van der Waals surface area contributed by atoms with Crippen LogP contribution < -0.4 is 9.64 Å². The fraction of sp³-hybridized carbons (Fsp3) is 0.469. The number of likely N-dealkylation sites (N-methyl/N-ethyl adjacent to an activating group) is 1. The van der Waals surface area contributed by atoms with E-state index in [9.17, 15) is 9.18 Å². The van der Waals surface area contributed by atoms with Crippen molar-refractivity contribution in [1.29, 1.82) is 0 Å². The number of rotatable bonds is 7. The van der Waals surface area contributed by atoms with Crippen LogP contribution in [0.5, 0.6) is 6.01 Å². The molecule has 4 heterocycles. The van der Waals surface area contributed by atoms with Crippen molar-refractivity contribution in [2.24, 2.45) is 0 Å². The Morgan fingerprint density at radius 2 is 2.00 bits per heavy atom. The minimum atomic E-state index is -0.906. The van der Waals surface area contributed by atoms with Gasteiger partial charge in [-0.3, -0.25) is 14.7 Å². The van der Waals surface area contributed by atoms with Crippen molar-refractivity contribution >= 4 is 22.6 Å². The average Bonchev–Trinajstić information content (AvgIpc) is 3.35. The van der Waals surface area contributed by atoms with E-state index in [0.717, 1.165) is 42.4 Å². The first kappa shape index (κ1) is 28.9. The maximum Gasteiger partial charge on any atom is 0.319 e. The molecule has 2 aromatic heterocycles. The largest absolute Gasteiger partial charge is 0.462 e. The topological polar surface area (TPSA) is 79.1 Å². The Hall–Kier alpha value is -4.17. The molecule has 1 aliphatic carbocycles. The molecule has 43 heavy (non-hydrogen) atoms. The third-order valence-corrected chi connectivity index (χ3v) is 8.89. The van der Waals surface area contributed by atoms with E-state index < -0.39 is 12.0 Å². The molecule has 0 unspecified atom stereocenters. The van der Waals surface area contributed by atoms with E-state index in [2.05, 4.69) is 16.4 Å². The van der Waals surface area contributed by atoms with Crippen LogP contribution in [0.25, 0.3) is 26.9 Å². The Labute approximate surface area is 250 Å². The number of benzene rings is 1. The number of nitrogens with zero attached hydrogens (tertiary/aromatic N) is 7. The van der Waals surface area contributed by atoms with Gasteiger partial charge in [0.05, 0.1) is 5.52 Å². The van der Waals surface area contributed by atoms with Crippen molar-refractivity contribution in [3.05, 3.63) is 65.5 Å². The maximum absolute atomic E-state index is 16.0. The Morgan fingerprint density at radius 3 is 2.77 bits per heavy atom. The molecular formula is C32H35F2N7O2. The van der Waals surface area contributed by atoms with Gasteiger partial charge in [-0.1, -0.05) is 6.58 Å². The fourth-order valence-corrected chi connectivity index (χ4v) is 6.61. The van der Waals surface area contributed by atoms with Crippen LogP contribution in [0.1, 0.15) is 30.4 Å². The molecule has 3 atom stereocenters. The predicted molar refractivity (Wildman–Crippen MR) is 160 cm³/mol. The summed E-state index contributed by atoms with van der Waals surface area (Å²) in [5.74, 6) is -0.152. The molecule has 11 heteroatoms. The van der Waals surface area contributed by atoms with Gasteiger partial charge in [0.2, 0.25) is 12.5 Å². The number of halogens is 2. The Bertz CT molecular complexity index is 1590. The summed E-state index contributed by atoms with van der Waals surface area (Å²) in [5.41, 5.74) is 3.99. The van der Waals surface area contributed by atoms with E-state index in [1.807, 2.05) is 23.0 Å². The van der Waals surface area contributed by atoms with E-state index in [1.54, 1.807) is 17.2 Å². The summed E-state index contributed by atoms with van der Waals surface area (Å²) in [6, 6.07) is 2.83. The van der Waals surface area contributed by atoms with Gasteiger partial charge in [-0.2, -0.15) is 9.97 Å². The van der Waals surface area contributed by atoms with Gasteiger partial charge in [-0.25, -0.2) is 15.4 Å². The molecule has 2 aliphatic heterocycles. The third kappa shape index (κ3) is 5.76. The summed E-state index contributed by atoms with van der Waals surface area (Å²) in [6.45, 7) is 12.8. The number of pyridine rings is 1. The van der Waals surface area contributed by atoms with Crippen molar-refractivity contribution in [1.82, 2.24) is 24.8 Å². The number of piperazine rings is 1. The molecule has 6 rings (SSSR count). The first-order valence-electron chi connectivity index (χ1n) is 14.8. The lowest BCUT2D eigenvalue weighted by Crippen LogP contribution is -2.56. The molecule has 1 amide bonds. The lowest BCUT2D eigenvalue weighted by molar-refractivity contribution is -0.128. The zero-order chi connectivity index (χ0) is 30.1. The van der Waals surface area contributed by atoms with Crippen LogP contribution in [0.2, 0.25) is 0 Å². The quantitative estimate of drug-likeness (QED) is 0.302. The molecule has 224 valence electrons. The van der Waals surface area contributed by atoms with Gasteiger partial charge in [0.25, 0.3) is 0 Å². The zero-order valence-electron chi connectivity index (χ0n) is 24.3. The van der Waals surface area contributed by atoms with E-state index in [-0.39, 0.29) is 37.2 Å². The number of carbonyl (C=O) groups is 1. The van der Waals surface area contributed by atoms with Crippen LogP contribution in [-0.2, 0) is 17.6 Å². The van der Waals surface area contributed by atoms with Gasteiger partial charge in [0.15, 0.2) is 0 Å². The summed E-state index contributed by atoms with van der Waals surface area (Å²) in [4.78, 5) is 35.4. The Balaban J connectivity index is 1.41. The molecule has 2 fully saturated rings. The van der Waals surface area contributed by atoms with Gasteiger partial charge < -0.3 is 19.4 Å². The first-order valence-corrected chi connectivity index (χ1v) is 14.8. The fourth-order valence-electron chi connectivity index (χ4n) is 6.61. The highest BCUT2D eigenvalue weighted by atomic mass is 19.1. The van der Waals surface area contributed by atoms with Gasteiger partial charge in [-0.05, 0) is 68.5 Å². The average molecular weight is 588 g/mol. The number of carbonyl (C=O) groups excluding carboxylic acids is 1. The summed E-state index contributed by atoms with van der Waals surface area (Å²) >= 11 is 0.